The molecular weight excluding hydrogens is 332 g/mol. The van der Waals surface area contributed by atoms with Crippen LogP contribution in [-0.2, 0) is 6.42 Å². The molecule has 0 spiro atoms. The summed E-state index contributed by atoms with van der Waals surface area (Å²) in [4.78, 5) is 4.16. The molecule has 2 aromatic rings. The SMILES string of the molecule is C=C(Nc1cncc(C)c1)c1cc(CC2=C(Cl)CCC=C2)[nH]n1.CC. The highest BCUT2D eigenvalue weighted by Crippen LogP contribution is 2.25. The first-order valence-electron chi connectivity index (χ1n) is 8.58. The van der Waals surface area contributed by atoms with E-state index in [1.807, 2.05) is 39.1 Å². The van der Waals surface area contributed by atoms with Gasteiger partial charge in [0.05, 0.1) is 17.6 Å². The van der Waals surface area contributed by atoms with Gasteiger partial charge in [-0.05, 0) is 43.0 Å². The fourth-order valence-corrected chi connectivity index (χ4v) is 2.75. The van der Waals surface area contributed by atoms with Crippen LogP contribution in [0.2, 0.25) is 0 Å². The lowest BCUT2D eigenvalue weighted by molar-refractivity contribution is 0.943. The molecule has 0 fully saturated rings. The summed E-state index contributed by atoms with van der Waals surface area (Å²) in [5.41, 5.74) is 5.69. The van der Waals surface area contributed by atoms with Crippen LogP contribution in [0.15, 0.2) is 53.9 Å². The molecule has 2 aromatic heterocycles. The largest absolute Gasteiger partial charge is 0.353 e. The smallest absolute Gasteiger partial charge is 0.108 e. The Morgan fingerprint density at radius 2 is 2.12 bits per heavy atom. The predicted octanol–water partition coefficient (Wildman–Crippen LogP) is 5.61. The zero-order chi connectivity index (χ0) is 18.2. The lowest BCUT2D eigenvalue weighted by Gasteiger charge is -2.09. The van der Waals surface area contributed by atoms with Crippen LogP contribution in [0.3, 0.4) is 0 Å². The van der Waals surface area contributed by atoms with Crippen LogP contribution in [0.5, 0.6) is 0 Å². The number of nitrogens with zero attached hydrogens (tertiary/aromatic N) is 2. The summed E-state index contributed by atoms with van der Waals surface area (Å²) >= 11 is 6.28. The normalized spacial score (nSPS) is 13.3. The van der Waals surface area contributed by atoms with Crippen molar-refractivity contribution < 1.29 is 0 Å². The van der Waals surface area contributed by atoms with Gasteiger partial charge >= 0.3 is 0 Å². The van der Waals surface area contributed by atoms with Gasteiger partial charge in [0, 0.05) is 23.3 Å². The van der Waals surface area contributed by atoms with Crippen LogP contribution in [-0.4, -0.2) is 15.2 Å². The number of pyridine rings is 1. The minimum atomic E-state index is 0.735. The molecule has 0 bridgehead atoms. The minimum Gasteiger partial charge on any atom is -0.353 e. The molecule has 2 heterocycles. The molecule has 0 aromatic carbocycles. The molecule has 1 aliphatic rings. The lowest BCUT2D eigenvalue weighted by Crippen LogP contribution is -1.98. The van der Waals surface area contributed by atoms with Crippen molar-refractivity contribution in [2.75, 3.05) is 5.32 Å². The number of H-pyrrole nitrogens is 1. The zero-order valence-electron chi connectivity index (χ0n) is 15.1. The van der Waals surface area contributed by atoms with E-state index in [4.69, 9.17) is 11.6 Å². The Morgan fingerprint density at radius 1 is 1.32 bits per heavy atom. The number of rotatable bonds is 5. The Labute approximate surface area is 154 Å². The van der Waals surface area contributed by atoms with Crippen molar-refractivity contribution in [2.45, 2.75) is 40.0 Å². The monoisotopic (exact) mass is 356 g/mol. The first-order valence-corrected chi connectivity index (χ1v) is 8.96. The van der Waals surface area contributed by atoms with Gasteiger partial charge in [-0.2, -0.15) is 5.10 Å². The van der Waals surface area contributed by atoms with Crippen molar-refractivity contribution in [3.05, 3.63) is 70.8 Å². The summed E-state index contributed by atoms with van der Waals surface area (Å²) in [6, 6.07) is 4.02. The van der Waals surface area contributed by atoms with Gasteiger partial charge in [0.2, 0.25) is 0 Å². The van der Waals surface area contributed by atoms with E-state index < -0.39 is 0 Å². The number of hydrogen-bond donors (Lipinski definition) is 2. The van der Waals surface area contributed by atoms with E-state index in [0.717, 1.165) is 58.2 Å². The Bertz CT molecular complexity index is 786. The summed E-state index contributed by atoms with van der Waals surface area (Å²) in [6.45, 7) is 10.1. The number of aromatic amines is 1. The van der Waals surface area contributed by atoms with Crippen LogP contribution in [0, 0.1) is 6.92 Å². The summed E-state index contributed by atoms with van der Waals surface area (Å²) in [6.07, 6.45) is 10.5. The van der Waals surface area contributed by atoms with Gasteiger partial charge in [-0.25, -0.2) is 0 Å². The molecule has 25 heavy (non-hydrogen) atoms. The van der Waals surface area contributed by atoms with Crippen LogP contribution in [0.1, 0.15) is 43.6 Å². The molecule has 0 amide bonds. The van der Waals surface area contributed by atoms with E-state index in [0.29, 0.717) is 0 Å². The fourth-order valence-electron chi connectivity index (χ4n) is 2.51. The third kappa shape index (κ3) is 5.33. The van der Waals surface area contributed by atoms with E-state index >= 15 is 0 Å². The first kappa shape index (κ1) is 19.0. The number of nitrogens with one attached hydrogen (secondary N) is 2. The molecule has 3 rings (SSSR count). The summed E-state index contributed by atoms with van der Waals surface area (Å²) in [5, 5.41) is 11.6. The number of aryl methyl sites for hydroxylation is 1. The van der Waals surface area contributed by atoms with Gasteiger partial charge in [-0.3, -0.25) is 10.1 Å². The number of anilines is 1. The molecule has 0 radical (unpaired) electrons. The van der Waals surface area contributed by atoms with Gasteiger partial charge in [-0.1, -0.05) is 44.2 Å². The average Bonchev–Trinajstić information content (AvgIpc) is 3.08. The second kappa shape index (κ2) is 9.23. The Balaban J connectivity index is 0.00000109. The lowest BCUT2D eigenvalue weighted by atomic mass is 10.0. The summed E-state index contributed by atoms with van der Waals surface area (Å²) in [5.74, 6) is 0. The second-order valence-electron chi connectivity index (χ2n) is 5.68. The Morgan fingerprint density at radius 3 is 2.84 bits per heavy atom. The first-order chi connectivity index (χ1) is 12.1. The van der Waals surface area contributed by atoms with E-state index in [1.165, 1.54) is 0 Å². The topological polar surface area (TPSA) is 53.6 Å². The van der Waals surface area contributed by atoms with E-state index in [9.17, 15) is 0 Å². The fraction of sp³-hybridized carbons (Fsp3) is 0.300. The molecule has 0 aliphatic heterocycles. The van der Waals surface area contributed by atoms with E-state index in [1.54, 1.807) is 6.20 Å². The van der Waals surface area contributed by atoms with Crippen molar-refractivity contribution >= 4 is 23.0 Å². The maximum Gasteiger partial charge on any atom is 0.108 e. The molecule has 5 heteroatoms. The maximum atomic E-state index is 6.28. The number of aromatic nitrogens is 3. The van der Waals surface area contributed by atoms with E-state index in [-0.39, 0.29) is 0 Å². The Kier molecular flexibility index (Phi) is 7.02. The van der Waals surface area contributed by atoms with Gasteiger partial charge in [0.1, 0.15) is 5.69 Å². The van der Waals surface area contributed by atoms with Crippen molar-refractivity contribution in [3.8, 4) is 0 Å². The van der Waals surface area contributed by atoms with Gasteiger partial charge in [0.25, 0.3) is 0 Å². The third-order valence-electron chi connectivity index (χ3n) is 3.69. The van der Waals surface area contributed by atoms with Crippen molar-refractivity contribution in [1.29, 1.82) is 0 Å². The molecule has 2 N–H and O–H groups in total. The standard InChI is InChI=1S/C18H19ClN4.C2H6/c1-12-7-16(11-20-10-12)21-13(2)18-9-15(22-23-18)8-14-5-3-4-6-17(14)19;1-2/h3,5,7,9-11,21H,2,4,6,8H2,1H3,(H,22,23);1-2H3. The number of allylic oxidation sites excluding steroid dienone is 4. The molecule has 4 nitrogen and oxygen atoms in total. The van der Waals surface area contributed by atoms with Crippen LogP contribution >= 0.6 is 11.6 Å². The predicted molar refractivity (Wildman–Crippen MR) is 107 cm³/mol. The third-order valence-corrected chi connectivity index (χ3v) is 4.12. The highest BCUT2D eigenvalue weighted by molar-refractivity contribution is 6.30. The van der Waals surface area contributed by atoms with Gasteiger partial charge in [-0.15, -0.1) is 0 Å². The second-order valence-corrected chi connectivity index (χ2v) is 6.14. The van der Waals surface area contributed by atoms with Crippen molar-refractivity contribution in [3.63, 3.8) is 0 Å². The maximum absolute atomic E-state index is 6.28. The number of hydrogen-bond acceptors (Lipinski definition) is 3. The van der Waals surface area contributed by atoms with Gasteiger partial charge in [0.15, 0.2) is 0 Å². The molecule has 0 atom stereocenters. The molecule has 0 saturated heterocycles. The average molecular weight is 357 g/mol. The molecule has 132 valence electrons. The van der Waals surface area contributed by atoms with Crippen molar-refractivity contribution in [1.82, 2.24) is 15.2 Å². The molecule has 0 unspecified atom stereocenters. The highest BCUT2D eigenvalue weighted by Gasteiger charge is 2.10. The van der Waals surface area contributed by atoms with Crippen molar-refractivity contribution in [2.24, 2.45) is 0 Å². The van der Waals surface area contributed by atoms with Crippen LogP contribution < -0.4 is 5.32 Å². The quantitative estimate of drug-likeness (QED) is 0.732. The van der Waals surface area contributed by atoms with Crippen LogP contribution in [0.25, 0.3) is 5.70 Å². The van der Waals surface area contributed by atoms with Gasteiger partial charge < -0.3 is 5.32 Å². The minimum absolute atomic E-state index is 0.735. The van der Waals surface area contributed by atoms with E-state index in [2.05, 4.69) is 39.2 Å². The molecule has 1 aliphatic carbocycles. The Hall–Kier alpha value is -2.33. The molecular formula is C20H25ClN4. The summed E-state index contributed by atoms with van der Waals surface area (Å²) < 4.78 is 0. The zero-order valence-corrected chi connectivity index (χ0v) is 15.8. The molecule has 0 saturated carbocycles. The highest BCUT2D eigenvalue weighted by atomic mass is 35.5. The number of halogens is 1. The summed E-state index contributed by atoms with van der Waals surface area (Å²) in [7, 11) is 0. The van der Waals surface area contributed by atoms with Crippen LogP contribution in [0.4, 0.5) is 5.69 Å².